The summed E-state index contributed by atoms with van der Waals surface area (Å²) < 4.78 is 4.81. The van der Waals surface area contributed by atoms with Crippen molar-refractivity contribution in [3.05, 3.63) is 188 Å². The molecular weight excluding hydrogens is 751 g/mol. The maximum Gasteiger partial charge on any atom is 0.164 e. The van der Waals surface area contributed by atoms with Gasteiger partial charge in [0.1, 0.15) is 0 Å². The summed E-state index contributed by atoms with van der Waals surface area (Å²) >= 11 is 1.83. The first-order valence-electron chi connectivity index (χ1n) is 20.1. The van der Waals surface area contributed by atoms with Crippen LogP contribution >= 0.6 is 11.3 Å². The number of pyridine rings is 1. The Balaban J connectivity index is 1.04. The Kier molecular flexibility index (Phi) is 7.11. The van der Waals surface area contributed by atoms with Crippen molar-refractivity contribution in [3.8, 4) is 45.4 Å². The molecule has 6 heteroatoms. The van der Waals surface area contributed by atoms with E-state index in [4.69, 9.17) is 19.9 Å². The highest BCUT2D eigenvalue weighted by atomic mass is 32.1. The van der Waals surface area contributed by atoms with Crippen molar-refractivity contribution in [2.45, 2.75) is 0 Å². The second-order valence-electron chi connectivity index (χ2n) is 15.4. The Morgan fingerprint density at radius 3 is 1.75 bits per heavy atom. The van der Waals surface area contributed by atoms with Crippen LogP contribution < -0.4 is 0 Å². The first kappa shape index (κ1) is 33.2. The van der Waals surface area contributed by atoms with Crippen LogP contribution in [0.25, 0.3) is 125 Å². The molecule has 4 heterocycles. The third-order valence-corrected chi connectivity index (χ3v) is 13.2. The van der Waals surface area contributed by atoms with Crippen LogP contribution in [0.15, 0.2) is 188 Å². The summed E-state index contributed by atoms with van der Waals surface area (Å²) in [6.07, 6.45) is 0. The fourth-order valence-electron chi connectivity index (χ4n) is 9.10. The number of aromatic nitrogens is 5. The van der Waals surface area contributed by atoms with Crippen molar-refractivity contribution < 1.29 is 0 Å². The zero-order valence-electron chi connectivity index (χ0n) is 32.0. The largest absolute Gasteiger partial charge is 0.291 e. The fraction of sp³-hybridized carbons (Fsp3) is 0. The van der Waals surface area contributed by atoms with Gasteiger partial charge >= 0.3 is 0 Å². The van der Waals surface area contributed by atoms with E-state index in [1.165, 1.54) is 52.5 Å². The highest BCUT2D eigenvalue weighted by molar-refractivity contribution is 7.26. The van der Waals surface area contributed by atoms with Crippen LogP contribution in [-0.2, 0) is 0 Å². The summed E-state index contributed by atoms with van der Waals surface area (Å²) in [5.74, 6) is 1.91. The summed E-state index contributed by atoms with van der Waals surface area (Å²) in [5.41, 5.74) is 8.03. The molecule has 0 unspecified atom stereocenters. The third-order valence-electron chi connectivity index (χ3n) is 12.0. The van der Waals surface area contributed by atoms with E-state index in [-0.39, 0.29) is 0 Å². The zero-order valence-corrected chi connectivity index (χ0v) is 32.9. The molecule has 0 radical (unpaired) electrons. The first-order chi connectivity index (χ1) is 29.7. The van der Waals surface area contributed by atoms with E-state index in [9.17, 15) is 0 Å². The smallest absolute Gasteiger partial charge is 0.164 e. The van der Waals surface area contributed by atoms with E-state index in [2.05, 4.69) is 162 Å². The lowest BCUT2D eigenvalue weighted by atomic mass is 10.0. The molecular formula is C54H31N5S. The molecule has 0 N–H and O–H groups in total. The van der Waals surface area contributed by atoms with Gasteiger partial charge in [-0.25, -0.2) is 19.9 Å². The molecule has 0 spiro atoms. The number of thiophene rings is 1. The molecule has 0 fully saturated rings. The molecule has 0 saturated carbocycles. The predicted molar refractivity (Wildman–Crippen MR) is 251 cm³/mol. The van der Waals surface area contributed by atoms with Gasteiger partial charge in [0.25, 0.3) is 0 Å². The molecule has 0 atom stereocenters. The molecule has 5 nitrogen and oxygen atoms in total. The first-order valence-corrected chi connectivity index (χ1v) is 20.9. The molecule has 13 rings (SSSR count). The average Bonchev–Trinajstić information content (AvgIpc) is 3.91. The highest BCUT2D eigenvalue weighted by Gasteiger charge is 2.21. The monoisotopic (exact) mass is 781 g/mol. The van der Waals surface area contributed by atoms with Gasteiger partial charge in [0.05, 0.1) is 21.4 Å². The maximum absolute atomic E-state index is 5.55. The van der Waals surface area contributed by atoms with Crippen LogP contribution in [0.5, 0.6) is 0 Å². The Labute approximate surface area is 347 Å². The second-order valence-corrected chi connectivity index (χ2v) is 16.5. The van der Waals surface area contributed by atoms with Gasteiger partial charge < -0.3 is 0 Å². The van der Waals surface area contributed by atoms with Gasteiger partial charge in [-0.05, 0) is 67.5 Å². The topological polar surface area (TPSA) is 56.0 Å². The molecule has 13 aromatic rings. The van der Waals surface area contributed by atoms with Gasteiger partial charge in [-0.15, -0.1) is 11.3 Å². The predicted octanol–water partition coefficient (Wildman–Crippen LogP) is 14.3. The molecule has 60 heavy (non-hydrogen) atoms. The quantitative estimate of drug-likeness (QED) is 0.167. The molecule has 278 valence electrons. The summed E-state index contributed by atoms with van der Waals surface area (Å²) in [5, 5.41) is 12.1. The van der Waals surface area contributed by atoms with Gasteiger partial charge in [0, 0.05) is 37.5 Å². The minimum Gasteiger partial charge on any atom is -0.291 e. The summed E-state index contributed by atoms with van der Waals surface area (Å²) in [6, 6.07) is 66.7. The minimum absolute atomic E-state index is 0.626. The number of rotatable bonds is 4. The van der Waals surface area contributed by atoms with Crippen LogP contribution in [0.4, 0.5) is 0 Å². The van der Waals surface area contributed by atoms with Gasteiger partial charge in [-0.1, -0.05) is 164 Å². The Morgan fingerprint density at radius 2 is 0.950 bits per heavy atom. The van der Waals surface area contributed by atoms with Crippen molar-refractivity contribution in [2.75, 3.05) is 0 Å². The van der Waals surface area contributed by atoms with Crippen molar-refractivity contribution in [1.82, 2.24) is 24.3 Å². The van der Waals surface area contributed by atoms with E-state index in [1.54, 1.807) is 0 Å². The van der Waals surface area contributed by atoms with Gasteiger partial charge in [0.2, 0.25) is 0 Å². The van der Waals surface area contributed by atoms with Gasteiger partial charge in [-0.2, -0.15) is 0 Å². The Hall–Kier alpha value is -7.80. The van der Waals surface area contributed by atoms with E-state index in [0.29, 0.717) is 17.5 Å². The van der Waals surface area contributed by atoms with Crippen molar-refractivity contribution >= 4 is 91.3 Å². The van der Waals surface area contributed by atoms with E-state index < -0.39 is 0 Å². The summed E-state index contributed by atoms with van der Waals surface area (Å²) in [4.78, 5) is 20.7. The average molecular weight is 782 g/mol. The van der Waals surface area contributed by atoms with Crippen LogP contribution in [0, 0.1) is 0 Å². The van der Waals surface area contributed by atoms with Crippen molar-refractivity contribution in [1.29, 1.82) is 0 Å². The second kappa shape index (κ2) is 12.9. The number of benzene rings is 9. The van der Waals surface area contributed by atoms with Crippen molar-refractivity contribution in [2.24, 2.45) is 0 Å². The van der Waals surface area contributed by atoms with Crippen LogP contribution in [0.3, 0.4) is 0 Å². The van der Waals surface area contributed by atoms with E-state index in [1.807, 2.05) is 41.7 Å². The molecule has 9 aromatic carbocycles. The minimum atomic E-state index is 0.626. The van der Waals surface area contributed by atoms with Gasteiger partial charge in [-0.3, -0.25) is 4.40 Å². The standard InChI is InChI=1S/C54H31N5S/c1-2-13-36(14-3-1)51-56-52(58-53(57-51)39-23-18-32-10-4-5-15-38(32)30-39)37-21-19-35(20-22-37)46-31-44-48-41-17-9-7-12-34(41)25-29-47(48)60-50(44)54-55-49-43-26-24-33-11-6-8-16-40(33)42(43)27-28-45(49)59(46)54/h1-31H. The molecule has 0 aliphatic carbocycles. The Morgan fingerprint density at radius 1 is 0.367 bits per heavy atom. The van der Waals surface area contributed by atoms with E-state index >= 15 is 0 Å². The van der Waals surface area contributed by atoms with E-state index in [0.717, 1.165) is 55.4 Å². The number of hydrogen-bond acceptors (Lipinski definition) is 5. The highest BCUT2D eigenvalue weighted by Crippen LogP contribution is 2.44. The fourth-order valence-corrected chi connectivity index (χ4v) is 10.3. The Bertz CT molecular complexity index is 3890. The summed E-state index contributed by atoms with van der Waals surface area (Å²) in [6.45, 7) is 0. The molecule has 0 aliphatic rings. The SMILES string of the molecule is c1ccc(-c2nc(-c3ccc(-c4cc5c(sc6ccc7ccccc7c65)c5nc6c7ccc8ccccc8c7ccc6n45)cc3)nc(-c3ccc4ccccc4c3)n2)cc1. The lowest BCUT2D eigenvalue weighted by Gasteiger charge is -2.11. The maximum atomic E-state index is 5.55. The number of fused-ring (bicyclic) bond motifs is 14. The van der Waals surface area contributed by atoms with Crippen LogP contribution in [0.1, 0.15) is 0 Å². The molecule has 0 bridgehead atoms. The molecule has 4 aromatic heterocycles. The van der Waals surface area contributed by atoms with Crippen LogP contribution in [-0.4, -0.2) is 24.3 Å². The normalized spacial score (nSPS) is 12.0. The zero-order chi connectivity index (χ0) is 39.3. The number of nitrogens with zero attached hydrogens (tertiary/aromatic N) is 5. The van der Waals surface area contributed by atoms with Crippen molar-refractivity contribution in [3.63, 3.8) is 0 Å². The molecule has 0 amide bonds. The number of imidazole rings is 1. The number of hydrogen-bond donors (Lipinski definition) is 0. The molecule has 0 saturated heterocycles. The lowest BCUT2D eigenvalue weighted by Crippen LogP contribution is -2.00. The van der Waals surface area contributed by atoms with Gasteiger partial charge in [0.15, 0.2) is 23.1 Å². The summed E-state index contributed by atoms with van der Waals surface area (Å²) in [7, 11) is 0. The lowest BCUT2D eigenvalue weighted by molar-refractivity contribution is 1.07. The van der Waals surface area contributed by atoms with Crippen LogP contribution in [0.2, 0.25) is 0 Å². The third kappa shape index (κ3) is 5.04. The molecule has 0 aliphatic heterocycles.